The fourth-order valence-corrected chi connectivity index (χ4v) is 3.99. The molecular weight excluding hydrogens is 444 g/mol. The zero-order chi connectivity index (χ0) is 24.2. The number of benzene rings is 2. The Morgan fingerprint density at radius 2 is 1.80 bits per heavy atom. The molecule has 4 N–H and O–H groups in total. The highest BCUT2D eigenvalue weighted by Crippen LogP contribution is 2.21. The standard InChI is InChI=1S/C26H26N6O3/c1-17-7-12-24-27-20(15-32(24)14-17)16-35-21-10-8-19(9-11-21)25(33)30-31-26(34)23-13-22(28-29-23)18-5-3-2-4-6-18/h2-12,14-15,22-23,28-29H,13,16H2,1H3,(H,30,33)(H,31,34). The van der Waals surface area contributed by atoms with Gasteiger partial charge in [0.15, 0.2) is 0 Å². The van der Waals surface area contributed by atoms with E-state index in [0.29, 0.717) is 24.3 Å². The van der Waals surface area contributed by atoms with Crippen LogP contribution < -0.4 is 26.4 Å². The maximum absolute atomic E-state index is 12.5. The minimum absolute atomic E-state index is 0.0277. The number of aromatic nitrogens is 2. The fraction of sp³-hybridized carbons (Fsp3) is 0.192. The van der Waals surface area contributed by atoms with Crippen molar-refractivity contribution in [3.05, 3.63) is 102 Å². The summed E-state index contributed by atoms with van der Waals surface area (Å²) in [7, 11) is 0. The monoisotopic (exact) mass is 470 g/mol. The van der Waals surface area contributed by atoms with E-state index in [1.807, 2.05) is 66.2 Å². The number of aryl methyl sites for hydroxylation is 1. The van der Waals surface area contributed by atoms with Gasteiger partial charge in [-0.1, -0.05) is 36.4 Å². The van der Waals surface area contributed by atoms with Gasteiger partial charge >= 0.3 is 0 Å². The Morgan fingerprint density at radius 3 is 2.60 bits per heavy atom. The van der Waals surface area contributed by atoms with Crippen molar-refractivity contribution in [2.45, 2.75) is 32.0 Å². The minimum atomic E-state index is -0.459. The second-order valence-corrected chi connectivity index (χ2v) is 8.50. The van der Waals surface area contributed by atoms with Crippen molar-refractivity contribution >= 4 is 17.5 Å². The van der Waals surface area contributed by atoms with Crippen molar-refractivity contribution in [3.63, 3.8) is 0 Å². The van der Waals surface area contributed by atoms with Crippen LogP contribution in [0.2, 0.25) is 0 Å². The molecule has 2 atom stereocenters. The van der Waals surface area contributed by atoms with Crippen LogP contribution in [0.5, 0.6) is 5.75 Å². The van der Waals surface area contributed by atoms with Gasteiger partial charge in [-0.05, 0) is 54.8 Å². The van der Waals surface area contributed by atoms with Gasteiger partial charge in [0.2, 0.25) is 0 Å². The molecule has 2 aromatic carbocycles. The number of fused-ring (bicyclic) bond motifs is 1. The predicted molar refractivity (Wildman–Crippen MR) is 130 cm³/mol. The number of hydrazine groups is 2. The Morgan fingerprint density at radius 1 is 1.00 bits per heavy atom. The average molecular weight is 471 g/mol. The van der Waals surface area contributed by atoms with Crippen molar-refractivity contribution < 1.29 is 14.3 Å². The summed E-state index contributed by atoms with van der Waals surface area (Å²) in [6, 6.07) is 20.1. The van der Waals surface area contributed by atoms with E-state index in [-0.39, 0.29) is 11.9 Å². The Bertz CT molecular complexity index is 1340. The van der Waals surface area contributed by atoms with Gasteiger partial charge in [-0.3, -0.25) is 20.4 Å². The molecule has 0 bridgehead atoms. The third-order valence-corrected chi connectivity index (χ3v) is 5.87. The summed E-state index contributed by atoms with van der Waals surface area (Å²) in [5, 5.41) is 0. The molecule has 2 aromatic heterocycles. The van der Waals surface area contributed by atoms with E-state index in [4.69, 9.17) is 4.74 Å². The molecule has 0 saturated carbocycles. The smallest absolute Gasteiger partial charge is 0.269 e. The molecule has 1 aliphatic heterocycles. The zero-order valence-corrected chi connectivity index (χ0v) is 19.2. The molecule has 2 amide bonds. The predicted octanol–water partition coefficient (Wildman–Crippen LogP) is 2.59. The maximum Gasteiger partial charge on any atom is 0.269 e. The van der Waals surface area contributed by atoms with Gasteiger partial charge in [-0.2, -0.15) is 0 Å². The highest BCUT2D eigenvalue weighted by Gasteiger charge is 2.30. The third-order valence-electron chi connectivity index (χ3n) is 5.87. The fourth-order valence-electron chi connectivity index (χ4n) is 3.99. The lowest BCUT2D eigenvalue weighted by Crippen LogP contribution is -2.50. The van der Waals surface area contributed by atoms with Crippen molar-refractivity contribution in [2.24, 2.45) is 0 Å². The first-order valence-corrected chi connectivity index (χ1v) is 11.4. The minimum Gasteiger partial charge on any atom is -0.487 e. The molecule has 0 spiro atoms. The van der Waals surface area contributed by atoms with E-state index < -0.39 is 11.9 Å². The molecule has 9 nitrogen and oxygen atoms in total. The SMILES string of the molecule is Cc1ccc2nc(COc3ccc(C(=O)NNC(=O)C4CC(c5ccccc5)NN4)cc3)cn2c1. The van der Waals surface area contributed by atoms with Crippen molar-refractivity contribution in [3.8, 4) is 5.75 Å². The van der Waals surface area contributed by atoms with Crippen LogP contribution in [0.15, 0.2) is 79.1 Å². The summed E-state index contributed by atoms with van der Waals surface area (Å²) in [4.78, 5) is 29.4. The summed E-state index contributed by atoms with van der Waals surface area (Å²) in [6.45, 7) is 2.34. The van der Waals surface area contributed by atoms with Crippen molar-refractivity contribution in [1.82, 2.24) is 31.1 Å². The maximum atomic E-state index is 12.5. The van der Waals surface area contributed by atoms with E-state index in [1.165, 1.54) is 0 Å². The molecule has 178 valence electrons. The van der Waals surface area contributed by atoms with Crippen molar-refractivity contribution in [2.75, 3.05) is 0 Å². The average Bonchev–Trinajstić information content (AvgIpc) is 3.54. The van der Waals surface area contributed by atoms with Crippen LogP contribution in [-0.2, 0) is 11.4 Å². The Hall–Kier alpha value is -4.21. The zero-order valence-electron chi connectivity index (χ0n) is 19.2. The first kappa shape index (κ1) is 22.6. The number of ether oxygens (including phenoxy) is 1. The molecule has 9 heteroatoms. The molecule has 3 heterocycles. The number of nitrogens with one attached hydrogen (secondary N) is 4. The van der Waals surface area contributed by atoms with Crippen LogP contribution in [0, 0.1) is 6.92 Å². The Labute approximate surface area is 202 Å². The number of hydrogen-bond acceptors (Lipinski definition) is 6. The van der Waals surface area contributed by atoms with E-state index in [1.54, 1.807) is 24.3 Å². The largest absolute Gasteiger partial charge is 0.487 e. The van der Waals surface area contributed by atoms with Crippen LogP contribution >= 0.6 is 0 Å². The van der Waals surface area contributed by atoms with E-state index >= 15 is 0 Å². The molecule has 1 saturated heterocycles. The van der Waals surface area contributed by atoms with E-state index in [0.717, 1.165) is 22.5 Å². The van der Waals surface area contributed by atoms with Gasteiger partial charge in [-0.25, -0.2) is 15.8 Å². The number of amides is 2. The molecule has 1 fully saturated rings. The van der Waals surface area contributed by atoms with Crippen LogP contribution in [0.25, 0.3) is 5.65 Å². The topological polar surface area (TPSA) is 109 Å². The summed E-state index contributed by atoms with van der Waals surface area (Å²) in [5.74, 6) is -0.106. The Balaban J connectivity index is 1.10. The van der Waals surface area contributed by atoms with Gasteiger partial charge in [0.05, 0.1) is 5.69 Å². The molecule has 0 aliphatic carbocycles. The molecule has 1 aliphatic rings. The molecular formula is C26H26N6O3. The number of imidazole rings is 1. The lowest BCUT2D eigenvalue weighted by atomic mass is 10.0. The summed E-state index contributed by atoms with van der Waals surface area (Å²) in [5.41, 5.74) is 15.4. The first-order valence-electron chi connectivity index (χ1n) is 11.4. The number of carbonyl (C=O) groups excluding carboxylic acids is 2. The molecule has 5 rings (SSSR count). The second kappa shape index (κ2) is 9.96. The quantitative estimate of drug-likeness (QED) is 0.323. The van der Waals surface area contributed by atoms with E-state index in [2.05, 4.69) is 26.7 Å². The lowest BCUT2D eigenvalue weighted by molar-refractivity contribution is -0.123. The van der Waals surface area contributed by atoms with Gasteiger partial charge in [0.25, 0.3) is 11.8 Å². The van der Waals surface area contributed by atoms with Crippen LogP contribution in [0.4, 0.5) is 0 Å². The number of pyridine rings is 1. The normalized spacial score (nSPS) is 17.3. The molecule has 0 radical (unpaired) electrons. The summed E-state index contributed by atoms with van der Waals surface area (Å²) < 4.78 is 7.77. The van der Waals surface area contributed by atoms with Crippen LogP contribution in [0.3, 0.4) is 0 Å². The van der Waals surface area contributed by atoms with E-state index in [9.17, 15) is 9.59 Å². The van der Waals surface area contributed by atoms with Crippen LogP contribution in [-0.4, -0.2) is 27.2 Å². The first-order chi connectivity index (χ1) is 17.0. The van der Waals surface area contributed by atoms with Gasteiger partial charge in [0, 0.05) is 24.0 Å². The lowest BCUT2D eigenvalue weighted by Gasteiger charge is -2.12. The highest BCUT2D eigenvalue weighted by molar-refractivity contribution is 5.96. The van der Waals surface area contributed by atoms with Gasteiger partial charge in [0.1, 0.15) is 24.0 Å². The summed E-state index contributed by atoms with van der Waals surface area (Å²) in [6.07, 6.45) is 4.52. The van der Waals surface area contributed by atoms with Gasteiger partial charge in [-0.15, -0.1) is 0 Å². The number of hydrogen-bond donors (Lipinski definition) is 4. The second-order valence-electron chi connectivity index (χ2n) is 8.50. The molecule has 2 unspecified atom stereocenters. The van der Waals surface area contributed by atoms with Crippen molar-refractivity contribution in [1.29, 1.82) is 0 Å². The molecule has 4 aromatic rings. The summed E-state index contributed by atoms with van der Waals surface area (Å²) >= 11 is 0. The number of carbonyl (C=O) groups is 2. The highest BCUT2D eigenvalue weighted by atomic mass is 16.5. The van der Waals surface area contributed by atoms with Crippen LogP contribution in [0.1, 0.15) is 39.6 Å². The number of nitrogens with zero attached hydrogens (tertiary/aromatic N) is 2. The third kappa shape index (κ3) is 5.32. The number of rotatable bonds is 6. The van der Waals surface area contributed by atoms with Gasteiger partial charge < -0.3 is 9.14 Å². The molecule has 35 heavy (non-hydrogen) atoms. The Kier molecular flexibility index (Phi) is 6.42.